The lowest BCUT2D eigenvalue weighted by Gasteiger charge is -2.08. The van der Waals surface area contributed by atoms with E-state index < -0.39 is 0 Å². The Balaban J connectivity index is 1.82. The Morgan fingerprint density at radius 3 is 2.85 bits per heavy atom. The van der Waals surface area contributed by atoms with Crippen molar-refractivity contribution < 1.29 is 9.15 Å². The Hall–Kier alpha value is -1.52. The summed E-state index contributed by atoms with van der Waals surface area (Å²) in [5.41, 5.74) is 0.833. The SMILES string of the molecule is COc1cccc2cc(CNCCCCN(C)C)oc12. The Bertz CT molecular complexity index is 534. The molecule has 2 rings (SSSR count). The van der Waals surface area contributed by atoms with E-state index in [1.54, 1.807) is 7.11 Å². The summed E-state index contributed by atoms with van der Waals surface area (Å²) in [6, 6.07) is 8.02. The molecular formula is C16H24N2O2. The maximum Gasteiger partial charge on any atom is 0.176 e. The zero-order valence-electron chi connectivity index (χ0n) is 12.6. The van der Waals surface area contributed by atoms with Crippen LogP contribution in [0, 0.1) is 0 Å². The van der Waals surface area contributed by atoms with E-state index >= 15 is 0 Å². The first-order valence-corrected chi connectivity index (χ1v) is 7.11. The fraction of sp³-hybridized carbons (Fsp3) is 0.500. The van der Waals surface area contributed by atoms with E-state index in [1.165, 1.54) is 12.8 Å². The average molecular weight is 276 g/mol. The van der Waals surface area contributed by atoms with Crippen molar-refractivity contribution in [3.05, 3.63) is 30.0 Å². The van der Waals surface area contributed by atoms with Gasteiger partial charge >= 0.3 is 0 Å². The molecule has 0 aliphatic rings. The maximum absolute atomic E-state index is 5.84. The lowest BCUT2D eigenvalue weighted by molar-refractivity contribution is 0.389. The number of ether oxygens (including phenoxy) is 1. The second-order valence-electron chi connectivity index (χ2n) is 5.28. The quantitative estimate of drug-likeness (QED) is 0.752. The lowest BCUT2D eigenvalue weighted by atomic mass is 10.2. The molecule has 0 amide bonds. The number of nitrogens with zero attached hydrogens (tertiary/aromatic N) is 1. The van der Waals surface area contributed by atoms with Gasteiger partial charge in [-0.05, 0) is 52.2 Å². The summed E-state index contributed by atoms with van der Waals surface area (Å²) in [6.45, 7) is 2.92. The molecule has 0 saturated heterocycles. The third-order valence-corrected chi connectivity index (χ3v) is 3.29. The number of para-hydroxylation sites is 1. The van der Waals surface area contributed by atoms with Crippen molar-refractivity contribution in [3.63, 3.8) is 0 Å². The van der Waals surface area contributed by atoms with Crippen molar-refractivity contribution in [1.82, 2.24) is 10.2 Å². The molecule has 1 aromatic heterocycles. The van der Waals surface area contributed by atoms with Gasteiger partial charge in [0, 0.05) is 5.39 Å². The lowest BCUT2D eigenvalue weighted by Crippen LogP contribution is -2.17. The molecule has 1 N–H and O–H groups in total. The Morgan fingerprint density at radius 2 is 2.10 bits per heavy atom. The Kier molecular flexibility index (Phi) is 5.44. The predicted octanol–water partition coefficient (Wildman–Crippen LogP) is 2.87. The molecule has 0 radical (unpaired) electrons. The number of fused-ring (bicyclic) bond motifs is 1. The smallest absolute Gasteiger partial charge is 0.176 e. The van der Waals surface area contributed by atoms with Crippen LogP contribution < -0.4 is 10.1 Å². The van der Waals surface area contributed by atoms with Crippen molar-refractivity contribution in [3.8, 4) is 5.75 Å². The van der Waals surface area contributed by atoms with Crippen LogP contribution in [0.25, 0.3) is 11.0 Å². The number of nitrogens with one attached hydrogen (secondary N) is 1. The van der Waals surface area contributed by atoms with E-state index in [9.17, 15) is 0 Å². The molecule has 2 aromatic rings. The number of furan rings is 1. The van der Waals surface area contributed by atoms with Crippen LogP contribution in [0.4, 0.5) is 0 Å². The van der Waals surface area contributed by atoms with Crippen molar-refractivity contribution in [2.45, 2.75) is 19.4 Å². The molecule has 1 heterocycles. The number of unbranched alkanes of at least 4 members (excludes halogenated alkanes) is 1. The normalized spacial score (nSPS) is 11.4. The summed E-state index contributed by atoms with van der Waals surface area (Å²) in [5, 5.41) is 4.51. The molecule has 110 valence electrons. The molecule has 20 heavy (non-hydrogen) atoms. The van der Waals surface area contributed by atoms with Gasteiger partial charge in [0.1, 0.15) is 5.76 Å². The van der Waals surface area contributed by atoms with Gasteiger partial charge in [-0.3, -0.25) is 0 Å². The first-order chi connectivity index (χ1) is 9.70. The zero-order valence-corrected chi connectivity index (χ0v) is 12.6. The number of methoxy groups -OCH3 is 1. The van der Waals surface area contributed by atoms with E-state index in [1.807, 2.05) is 18.2 Å². The van der Waals surface area contributed by atoms with Crippen LogP contribution >= 0.6 is 0 Å². The van der Waals surface area contributed by atoms with Gasteiger partial charge in [-0.25, -0.2) is 0 Å². The van der Waals surface area contributed by atoms with Crippen LogP contribution in [-0.2, 0) is 6.54 Å². The maximum atomic E-state index is 5.84. The largest absolute Gasteiger partial charge is 0.493 e. The molecule has 0 unspecified atom stereocenters. The highest BCUT2D eigenvalue weighted by Gasteiger charge is 2.07. The minimum atomic E-state index is 0.764. The number of hydrogen-bond donors (Lipinski definition) is 1. The zero-order chi connectivity index (χ0) is 14.4. The molecule has 0 bridgehead atoms. The van der Waals surface area contributed by atoms with Crippen LogP contribution in [-0.4, -0.2) is 39.2 Å². The summed E-state index contributed by atoms with van der Waals surface area (Å²) in [7, 11) is 5.88. The van der Waals surface area contributed by atoms with Crippen LogP contribution in [0.1, 0.15) is 18.6 Å². The van der Waals surface area contributed by atoms with Gasteiger partial charge in [-0.1, -0.05) is 12.1 Å². The van der Waals surface area contributed by atoms with E-state index in [4.69, 9.17) is 9.15 Å². The summed E-state index contributed by atoms with van der Waals surface area (Å²) < 4.78 is 11.1. The minimum Gasteiger partial charge on any atom is -0.493 e. The fourth-order valence-corrected chi connectivity index (χ4v) is 2.23. The highest BCUT2D eigenvalue weighted by molar-refractivity contribution is 5.83. The highest BCUT2D eigenvalue weighted by atomic mass is 16.5. The summed E-state index contributed by atoms with van der Waals surface area (Å²) >= 11 is 0. The van der Waals surface area contributed by atoms with Gasteiger partial charge in [-0.15, -0.1) is 0 Å². The topological polar surface area (TPSA) is 37.6 Å². The molecule has 0 fully saturated rings. The minimum absolute atomic E-state index is 0.764. The summed E-state index contributed by atoms with van der Waals surface area (Å²) in [5.74, 6) is 1.75. The number of hydrogen-bond acceptors (Lipinski definition) is 4. The third-order valence-electron chi connectivity index (χ3n) is 3.29. The van der Waals surface area contributed by atoms with Gasteiger partial charge < -0.3 is 19.4 Å². The third kappa shape index (κ3) is 3.99. The number of rotatable bonds is 8. The van der Waals surface area contributed by atoms with Gasteiger partial charge in [0.15, 0.2) is 11.3 Å². The number of benzene rings is 1. The van der Waals surface area contributed by atoms with Gasteiger partial charge in [0.05, 0.1) is 13.7 Å². The average Bonchev–Trinajstić information content (AvgIpc) is 2.84. The second kappa shape index (κ2) is 7.31. The van der Waals surface area contributed by atoms with E-state index in [0.717, 1.165) is 42.1 Å². The van der Waals surface area contributed by atoms with Crippen LogP contribution in [0.5, 0.6) is 5.75 Å². The van der Waals surface area contributed by atoms with Crippen molar-refractivity contribution in [2.75, 3.05) is 34.3 Å². The molecule has 0 spiro atoms. The molecular weight excluding hydrogens is 252 g/mol. The van der Waals surface area contributed by atoms with Gasteiger partial charge in [0.25, 0.3) is 0 Å². The predicted molar refractivity (Wildman–Crippen MR) is 82.3 cm³/mol. The molecule has 4 nitrogen and oxygen atoms in total. The van der Waals surface area contributed by atoms with Gasteiger partial charge in [-0.2, -0.15) is 0 Å². The Morgan fingerprint density at radius 1 is 1.25 bits per heavy atom. The van der Waals surface area contributed by atoms with Crippen LogP contribution in [0.15, 0.2) is 28.7 Å². The van der Waals surface area contributed by atoms with E-state index in [2.05, 4.69) is 30.4 Å². The molecule has 4 heteroatoms. The van der Waals surface area contributed by atoms with Crippen molar-refractivity contribution in [1.29, 1.82) is 0 Å². The van der Waals surface area contributed by atoms with E-state index in [0.29, 0.717) is 0 Å². The molecule has 0 atom stereocenters. The van der Waals surface area contributed by atoms with Crippen LogP contribution in [0.2, 0.25) is 0 Å². The molecule has 0 aliphatic heterocycles. The molecule has 1 aromatic carbocycles. The summed E-state index contributed by atoms with van der Waals surface area (Å²) in [4.78, 5) is 2.21. The van der Waals surface area contributed by atoms with Gasteiger partial charge in [0.2, 0.25) is 0 Å². The van der Waals surface area contributed by atoms with Crippen LogP contribution in [0.3, 0.4) is 0 Å². The monoisotopic (exact) mass is 276 g/mol. The molecule has 0 aliphatic carbocycles. The first kappa shape index (κ1) is 14.9. The summed E-state index contributed by atoms with van der Waals surface area (Å²) in [6.07, 6.45) is 2.40. The highest BCUT2D eigenvalue weighted by Crippen LogP contribution is 2.28. The first-order valence-electron chi connectivity index (χ1n) is 7.11. The Labute approximate surface area is 120 Å². The fourth-order valence-electron chi connectivity index (χ4n) is 2.23. The van der Waals surface area contributed by atoms with Crippen molar-refractivity contribution >= 4 is 11.0 Å². The molecule has 0 saturated carbocycles. The van der Waals surface area contributed by atoms with E-state index in [-0.39, 0.29) is 0 Å². The second-order valence-corrected chi connectivity index (χ2v) is 5.28. The standard InChI is InChI=1S/C16H24N2O2/c1-18(2)10-5-4-9-17-12-14-11-13-7-6-8-15(19-3)16(13)20-14/h6-8,11,17H,4-5,9-10,12H2,1-3H3. The van der Waals surface area contributed by atoms with Crippen molar-refractivity contribution in [2.24, 2.45) is 0 Å².